The summed E-state index contributed by atoms with van der Waals surface area (Å²) in [6, 6.07) is 16.6. The van der Waals surface area contributed by atoms with E-state index in [1.165, 1.54) is 0 Å². The minimum absolute atomic E-state index is 0.114. The number of hydrogen-bond donors (Lipinski definition) is 0. The van der Waals surface area contributed by atoms with Crippen LogP contribution in [0.1, 0.15) is 49.4 Å². The second kappa shape index (κ2) is 12.6. The zero-order valence-corrected chi connectivity index (χ0v) is 16.8. The van der Waals surface area contributed by atoms with Gasteiger partial charge in [0.05, 0.1) is 12.7 Å². The number of carbonyl (C=O) groups excluding carboxylic acids is 1. The Balaban J connectivity index is 1.81. The molecule has 4 nitrogen and oxygen atoms in total. The van der Waals surface area contributed by atoms with Gasteiger partial charge >= 0.3 is 5.97 Å². The van der Waals surface area contributed by atoms with Gasteiger partial charge in [0.25, 0.3) is 0 Å². The molecule has 0 spiro atoms. The average molecular weight is 383 g/mol. The van der Waals surface area contributed by atoms with Crippen LogP contribution in [-0.4, -0.2) is 25.8 Å². The molecule has 0 radical (unpaired) electrons. The Morgan fingerprint density at radius 2 is 1.68 bits per heavy atom. The second-order valence-corrected chi connectivity index (χ2v) is 6.58. The Morgan fingerprint density at radius 1 is 0.964 bits per heavy atom. The highest BCUT2D eigenvalue weighted by Gasteiger charge is 2.14. The number of rotatable bonds is 12. The number of ether oxygens (including phenoxy) is 3. The van der Waals surface area contributed by atoms with E-state index >= 15 is 0 Å². The van der Waals surface area contributed by atoms with Crippen LogP contribution in [0.4, 0.5) is 0 Å². The van der Waals surface area contributed by atoms with Crippen molar-refractivity contribution >= 4 is 5.97 Å². The first kappa shape index (κ1) is 21.5. The molecule has 0 heterocycles. The Labute approximate surface area is 168 Å². The predicted molar refractivity (Wildman–Crippen MR) is 112 cm³/mol. The lowest BCUT2D eigenvalue weighted by Crippen LogP contribution is -2.18. The molecule has 150 valence electrons. The van der Waals surface area contributed by atoms with Gasteiger partial charge in [-0.05, 0) is 49.2 Å². The van der Waals surface area contributed by atoms with Crippen LogP contribution in [0.5, 0.6) is 11.5 Å². The molecule has 0 saturated carbocycles. The number of methoxy groups -OCH3 is 1. The van der Waals surface area contributed by atoms with Crippen molar-refractivity contribution in [3.05, 3.63) is 72.3 Å². The van der Waals surface area contributed by atoms with Crippen LogP contribution in [-0.2, 0) is 4.74 Å². The van der Waals surface area contributed by atoms with E-state index in [1.54, 1.807) is 19.2 Å². The summed E-state index contributed by atoms with van der Waals surface area (Å²) in [5, 5.41) is 0. The lowest BCUT2D eigenvalue weighted by atomic mass is 10.1. The first-order valence-corrected chi connectivity index (χ1v) is 9.90. The molecule has 0 aliphatic carbocycles. The molecular weight excluding hydrogens is 352 g/mol. The zero-order chi connectivity index (χ0) is 20.0. The Hall–Kier alpha value is -2.75. The highest BCUT2D eigenvalue weighted by atomic mass is 16.5. The monoisotopic (exact) mass is 382 g/mol. The molecule has 0 aromatic heterocycles. The summed E-state index contributed by atoms with van der Waals surface area (Å²) < 4.78 is 16.5. The summed E-state index contributed by atoms with van der Waals surface area (Å²) in [6.07, 6.45) is 8.78. The Kier molecular flexibility index (Phi) is 9.70. The summed E-state index contributed by atoms with van der Waals surface area (Å²) in [4.78, 5) is 12.3. The van der Waals surface area contributed by atoms with Gasteiger partial charge in [0.1, 0.15) is 24.2 Å². The van der Waals surface area contributed by atoms with Gasteiger partial charge < -0.3 is 14.2 Å². The zero-order valence-electron chi connectivity index (χ0n) is 16.8. The molecule has 2 aromatic carbocycles. The van der Waals surface area contributed by atoms with E-state index in [4.69, 9.17) is 14.2 Å². The molecule has 1 atom stereocenters. The van der Waals surface area contributed by atoms with Gasteiger partial charge in [-0.1, -0.05) is 50.1 Å². The van der Waals surface area contributed by atoms with E-state index in [2.05, 4.69) is 6.92 Å². The molecule has 0 saturated heterocycles. The van der Waals surface area contributed by atoms with E-state index in [9.17, 15) is 4.79 Å². The minimum atomic E-state index is -0.259. The van der Waals surface area contributed by atoms with Gasteiger partial charge in [-0.3, -0.25) is 0 Å². The van der Waals surface area contributed by atoms with E-state index in [0.29, 0.717) is 18.6 Å². The van der Waals surface area contributed by atoms with Crippen molar-refractivity contribution in [1.82, 2.24) is 0 Å². The normalized spacial score (nSPS) is 11.9. The van der Waals surface area contributed by atoms with E-state index in [-0.39, 0.29) is 12.1 Å². The maximum absolute atomic E-state index is 12.3. The van der Waals surface area contributed by atoms with Crippen molar-refractivity contribution in [3.8, 4) is 11.5 Å². The van der Waals surface area contributed by atoms with Crippen LogP contribution in [0, 0.1) is 0 Å². The van der Waals surface area contributed by atoms with Crippen LogP contribution < -0.4 is 9.47 Å². The number of benzene rings is 2. The fourth-order valence-electron chi connectivity index (χ4n) is 2.77. The molecule has 0 N–H and O–H groups in total. The summed E-state index contributed by atoms with van der Waals surface area (Å²) in [5.41, 5.74) is 0.592. The maximum Gasteiger partial charge on any atom is 0.338 e. The molecule has 0 bridgehead atoms. The second-order valence-electron chi connectivity index (χ2n) is 6.58. The smallest absolute Gasteiger partial charge is 0.338 e. The third-order valence-corrected chi connectivity index (χ3v) is 4.38. The first-order valence-electron chi connectivity index (χ1n) is 9.90. The third kappa shape index (κ3) is 7.87. The molecular formula is C24H30O4. The van der Waals surface area contributed by atoms with Crippen molar-refractivity contribution in [1.29, 1.82) is 0 Å². The van der Waals surface area contributed by atoms with E-state index in [1.807, 2.05) is 54.6 Å². The first-order chi connectivity index (χ1) is 13.7. The van der Waals surface area contributed by atoms with Crippen molar-refractivity contribution in [3.63, 3.8) is 0 Å². The summed E-state index contributed by atoms with van der Waals surface area (Å²) in [5.74, 6) is 1.34. The highest BCUT2D eigenvalue weighted by molar-refractivity contribution is 5.89. The number of carbonyl (C=O) groups is 1. The number of hydrogen-bond acceptors (Lipinski definition) is 4. The van der Waals surface area contributed by atoms with Crippen LogP contribution in [0.15, 0.2) is 66.7 Å². The Bertz CT molecular complexity index is 707. The molecule has 0 amide bonds. The van der Waals surface area contributed by atoms with Gasteiger partial charge in [-0.15, -0.1) is 0 Å². The minimum Gasteiger partial charge on any atom is -0.497 e. The van der Waals surface area contributed by atoms with Crippen LogP contribution in [0.25, 0.3) is 0 Å². The average Bonchev–Trinajstić information content (AvgIpc) is 2.74. The predicted octanol–water partition coefficient (Wildman–Crippen LogP) is 5.83. The van der Waals surface area contributed by atoms with Crippen molar-refractivity contribution < 1.29 is 19.0 Å². The van der Waals surface area contributed by atoms with E-state index < -0.39 is 0 Å². The molecule has 28 heavy (non-hydrogen) atoms. The largest absolute Gasteiger partial charge is 0.497 e. The molecule has 2 aromatic rings. The van der Waals surface area contributed by atoms with Gasteiger partial charge in [-0.2, -0.15) is 0 Å². The van der Waals surface area contributed by atoms with Crippen LogP contribution >= 0.6 is 0 Å². The van der Waals surface area contributed by atoms with Crippen LogP contribution in [0.3, 0.4) is 0 Å². The highest BCUT2D eigenvalue weighted by Crippen LogP contribution is 2.17. The van der Waals surface area contributed by atoms with Gasteiger partial charge in [-0.25, -0.2) is 4.79 Å². The topological polar surface area (TPSA) is 44.8 Å². The van der Waals surface area contributed by atoms with Gasteiger partial charge in [0.15, 0.2) is 0 Å². The molecule has 4 heteroatoms. The molecule has 0 aliphatic rings. The van der Waals surface area contributed by atoms with Crippen molar-refractivity contribution in [2.75, 3.05) is 13.7 Å². The molecule has 0 aliphatic heterocycles. The number of unbranched alkanes of at least 4 members (excludes halogenated alkanes) is 2. The maximum atomic E-state index is 12.3. The quantitative estimate of drug-likeness (QED) is 0.263. The summed E-state index contributed by atoms with van der Waals surface area (Å²) in [7, 11) is 1.64. The van der Waals surface area contributed by atoms with E-state index in [0.717, 1.165) is 37.2 Å². The van der Waals surface area contributed by atoms with Gasteiger partial charge in [0, 0.05) is 6.42 Å². The van der Waals surface area contributed by atoms with Gasteiger partial charge in [0.2, 0.25) is 0 Å². The van der Waals surface area contributed by atoms with Crippen molar-refractivity contribution in [2.24, 2.45) is 0 Å². The molecule has 1 unspecified atom stereocenters. The lowest BCUT2D eigenvalue weighted by Gasteiger charge is -2.16. The summed E-state index contributed by atoms with van der Waals surface area (Å²) >= 11 is 0. The SMILES string of the molecule is CCCCCC(C/C=C/COc1ccc(OC)cc1)OC(=O)c1ccccc1. The standard InChI is InChI=1S/C24H30O4/c1-3-4-6-13-23(28-24(25)20-11-7-5-8-12-20)14-9-10-19-27-22-17-15-21(26-2)16-18-22/h5,7-12,15-18,23H,3-4,6,13-14,19H2,1-2H3/b10-9+. The number of esters is 1. The molecule has 2 rings (SSSR count). The van der Waals surface area contributed by atoms with Crippen molar-refractivity contribution in [2.45, 2.75) is 45.1 Å². The van der Waals surface area contributed by atoms with Crippen LogP contribution in [0.2, 0.25) is 0 Å². The fourth-order valence-corrected chi connectivity index (χ4v) is 2.77. The molecule has 0 fully saturated rings. The summed E-state index contributed by atoms with van der Waals surface area (Å²) in [6.45, 7) is 2.64. The Morgan fingerprint density at radius 3 is 2.36 bits per heavy atom. The lowest BCUT2D eigenvalue weighted by molar-refractivity contribution is 0.0283. The third-order valence-electron chi connectivity index (χ3n) is 4.38. The fraction of sp³-hybridized carbons (Fsp3) is 0.375.